The third-order valence-corrected chi connectivity index (χ3v) is 3.75. The van der Waals surface area contributed by atoms with Crippen molar-refractivity contribution in [3.05, 3.63) is 42.1 Å². The van der Waals surface area contributed by atoms with Crippen LogP contribution in [0.3, 0.4) is 0 Å². The lowest BCUT2D eigenvalue weighted by Gasteiger charge is -2.39. The van der Waals surface area contributed by atoms with Crippen LogP contribution in [0.15, 0.2) is 11.8 Å². The van der Waals surface area contributed by atoms with E-state index in [1.165, 1.54) is 0 Å². The van der Waals surface area contributed by atoms with Crippen molar-refractivity contribution in [2.45, 2.75) is 44.2 Å². The standard InChI is InChI=1S/C12H15N3O11/c1-6(16)25-10-9(14(20)21)12(24-4,26-7(2)17)8(13(18)19)5-11(10,3)15(22)23/h5,9-10H,1-4H3/t9-,10-,11+,12+/m1/s1. The highest BCUT2D eigenvalue weighted by Crippen LogP contribution is 2.42. The fourth-order valence-electron chi connectivity index (χ4n) is 2.67. The Hall–Kier alpha value is -3.16. The number of esters is 2. The molecule has 0 aromatic carbocycles. The van der Waals surface area contributed by atoms with Crippen molar-refractivity contribution in [2.75, 3.05) is 7.11 Å². The van der Waals surface area contributed by atoms with Crippen LogP contribution in [0, 0.1) is 30.3 Å². The predicted molar refractivity (Wildman–Crippen MR) is 78.3 cm³/mol. The fourth-order valence-corrected chi connectivity index (χ4v) is 2.67. The molecule has 1 rings (SSSR count). The Bertz CT molecular complexity index is 705. The summed E-state index contributed by atoms with van der Waals surface area (Å²) in [6.45, 7) is 2.44. The molecule has 0 fully saturated rings. The molecule has 144 valence electrons. The molecule has 0 aromatic heterocycles. The molecule has 1 aliphatic rings. The monoisotopic (exact) mass is 377 g/mol. The van der Waals surface area contributed by atoms with E-state index in [4.69, 9.17) is 14.2 Å². The first kappa shape index (κ1) is 20.9. The Morgan fingerprint density at radius 1 is 1.12 bits per heavy atom. The maximum absolute atomic E-state index is 11.7. The fraction of sp³-hybridized carbons (Fsp3) is 0.667. The Labute approximate surface area is 145 Å². The van der Waals surface area contributed by atoms with Crippen LogP contribution in [-0.2, 0) is 23.8 Å². The Balaban J connectivity index is 3.93. The zero-order valence-corrected chi connectivity index (χ0v) is 14.1. The molecule has 0 saturated carbocycles. The Kier molecular flexibility index (Phi) is 5.61. The second-order valence-electron chi connectivity index (χ2n) is 5.50. The summed E-state index contributed by atoms with van der Waals surface area (Å²) in [5.74, 6) is -5.27. The predicted octanol–water partition coefficient (Wildman–Crippen LogP) is -0.321. The molecule has 14 heteroatoms. The second kappa shape index (κ2) is 6.99. The third kappa shape index (κ3) is 3.30. The highest BCUT2D eigenvalue weighted by Gasteiger charge is 2.75. The quantitative estimate of drug-likeness (QED) is 0.255. The lowest BCUT2D eigenvalue weighted by molar-refractivity contribution is -0.629. The van der Waals surface area contributed by atoms with Crippen molar-refractivity contribution >= 4 is 11.9 Å². The maximum atomic E-state index is 11.7. The van der Waals surface area contributed by atoms with Gasteiger partial charge in [-0.1, -0.05) is 0 Å². The minimum atomic E-state index is -2.95. The lowest BCUT2D eigenvalue weighted by Crippen LogP contribution is -2.69. The van der Waals surface area contributed by atoms with Crippen LogP contribution in [0.2, 0.25) is 0 Å². The number of carbonyl (C=O) groups excluding carboxylic acids is 2. The molecule has 0 amide bonds. The van der Waals surface area contributed by atoms with E-state index in [0.717, 1.165) is 27.9 Å². The van der Waals surface area contributed by atoms with Gasteiger partial charge in [0.2, 0.25) is 6.10 Å². The number of carbonyl (C=O) groups is 2. The molecular formula is C12H15N3O11. The van der Waals surface area contributed by atoms with E-state index in [1.54, 1.807) is 0 Å². The summed E-state index contributed by atoms with van der Waals surface area (Å²) in [5, 5.41) is 34.6. The summed E-state index contributed by atoms with van der Waals surface area (Å²) in [4.78, 5) is 53.9. The van der Waals surface area contributed by atoms with E-state index in [1.807, 2.05) is 0 Å². The molecule has 0 heterocycles. The van der Waals surface area contributed by atoms with Gasteiger partial charge in [0.05, 0.1) is 11.0 Å². The summed E-state index contributed by atoms with van der Waals surface area (Å²) < 4.78 is 14.3. The Morgan fingerprint density at radius 2 is 1.65 bits per heavy atom. The average Bonchev–Trinajstić information content (AvgIpc) is 2.48. The molecule has 0 spiro atoms. The zero-order chi connectivity index (χ0) is 20.4. The number of hydrogen-bond donors (Lipinski definition) is 0. The SMILES string of the molecule is CO[C@]1(OC(C)=O)C([N+](=O)[O-])=C[C@](C)([N+](=O)[O-])[C@H](OC(C)=O)[C@H]1[N+](=O)[O-]. The molecule has 26 heavy (non-hydrogen) atoms. The van der Waals surface area contributed by atoms with Gasteiger partial charge in [-0.2, -0.15) is 0 Å². The molecule has 14 nitrogen and oxygen atoms in total. The first-order valence-corrected chi connectivity index (χ1v) is 6.91. The lowest BCUT2D eigenvalue weighted by atomic mass is 9.78. The third-order valence-electron chi connectivity index (χ3n) is 3.75. The van der Waals surface area contributed by atoms with E-state index in [-0.39, 0.29) is 0 Å². The number of nitrogens with zero attached hydrogens (tertiary/aromatic N) is 3. The van der Waals surface area contributed by atoms with Crippen molar-refractivity contribution < 1.29 is 38.6 Å². The minimum Gasteiger partial charge on any atom is -0.447 e. The molecule has 0 radical (unpaired) electrons. The first-order valence-electron chi connectivity index (χ1n) is 6.91. The number of methoxy groups -OCH3 is 1. The number of rotatable bonds is 6. The van der Waals surface area contributed by atoms with Crippen LogP contribution >= 0.6 is 0 Å². The van der Waals surface area contributed by atoms with E-state index in [0.29, 0.717) is 6.08 Å². The van der Waals surface area contributed by atoms with E-state index >= 15 is 0 Å². The minimum absolute atomic E-state index is 0.410. The molecule has 0 unspecified atom stereocenters. The van der Waals surface area contributed by atoms with Crippen molar-refractivity contribution in [1.82, 2.24) is 0 Å². The first-order chi connectivity index (χ1) is 11.8. The molecule has 4 atom stereocenters. The highest BCUT2D eigenvalue weighted by atomic mass is 16.7. The summed E-state index contributed by atoms with van der Waals surface area (Å²) >= 11 is 0. The van der Waals surface area contributed by atoms with E-state index < -0.39 is 55.9 Å². The maximum Gasteiger partial charge on any atom is 0.378 e. The van der Waals surface area contributed by atoms with Gasteiger partial charge in [0, 0.05) is 37.7 Å². The molecule has 0 bridgehead atoms. The van der Waals surface area contributed by atoms with Gasteiger partial charge >= 0.3 is 29.5 Å². The van der Waals surface area contributed by atoms with Gasteiger partial charge in [-0.05, 0) is 0 Å². The van der Waals surface area contributed by atoms with Crippen LogP contribution in [-0.4, -0.2) is 57.3 Å². The van der Waals surface area contributed by atoms with Gasteiger partial charge in [-0.25, -0.2) is 0 Å². The van der Waals surface area contributed by atoms with Gasteiger partial charge in [-0.15, -0.1) is 0 Å². The van der Waals surface area contributed by atoms with Gasteiger partial charge in [0.15, 0.2) is 0 Å². The number of hydrogen-bond acceptors (Lipinski definition) is 11. The normalized spacial score (nSPS) is 30.7. The van der Waals surface area contributed by atoms with E-state index in [9.17, 15) is 39.9 Å². The molecule has 0 aliphatic heterocycles. The van der Waals surface area contributed by atoms with Crippen molar-refractivity contribution in [1.29, 1.82) is 0 Å². The number of nitro groups is 3. The molecular weight excluding hydrogens is 362 g/mol. The molecule has 1 aliphatic carbocycles. The van der Waals surface area contributed by atoms with Gasteiger partial charge < -0.3 is 14.2 Å². The number of ether oxygens (including phenoxy) is 3. The van der Waals surface area contributed by atoms with Crippen LogP contribution in [0.25, 0.3) is 0 Å². The molecule has 0 aromatic rings. The van der Waals surface area contributed by atoms with Crippen LogP contribution in [0.4, 0.5) is 0 Å². The van der Waals surface area contributed by atoms with Crippen LogP contribution in [0.1, 0.15) is 20.8 Å². The van der Waals surface area contributed by atoms with Crippen LogP contribution in [0.5, 0.6) is 0 Å². The molecule has 0 N–H and O–H groups in total. The molecule has 0 saturated heterocycles. The van der Waals surface area contributed by atoms with E-state index in [2.05, 4.69) is 0 Å². The van der Waals surface area contributed by atoms with Crippen molar-refractivity contribution in [3.63, 3.8) is 0 Å². The highest BCUT2D eigenvalue weighted by molar-refractivity contribution is 5.68. The van der Waals surface area contributed by atoms with Gasteiger partial charge in [-0.3, -0.25) is 39.9 Å². The summed E-state index contributed by atoms with van der Waals surface area (Å²) in [6.07, 6.45) is -1.76. The summed E-state index contributed by atoms with van der Waals surface area (Å²) in [6, 6.07) is -2.49. The second-order valence-corrected chi connectivity index (χ2v) is 5.50. The smallest absolute Gasteiger partial charge is 0.378 e. The zero-order valence-electron chi connectivity index (χ0n) is 14.1. The average molecular weight is 377 g/mol. The topological polar surface area (TPSA) is 191 Å². The summed E-state index contributed by atoms with van der Waals surface area (Å²) in [7, 11) is 0.774. The van der Waals surface area contributed by atoms with Crippen molar-refractivity contribution in [2.24, 2.45) is 0 Å². The van der Waals surface area contributed by atoms with Gasteiger partial charge in [0.1, 0.15) is 0 Å². The summed E-state index contributed by atoms with van der Waals surface area (Å²) in [5.41, 5.74) is -3.80. The largest absolute Gasteiger partial charge is 0.447 e. The van der Waals surface area contributed by atoms with Crippen LogP contribution < -0.4 is 0 Å². The van der Waals surface area contributed by atoms with Crippen molar-refractivity contribution in [3.8, 4) is 0 Å². The Morgan fingerprint density at radius 3 is 1.96 bits per heavy atom. The van der Waals surface area contributed by atoms with Gasteiger partial charge in [0.25, 0.3) is 5.54 Å².